The molecule has 0 aliphatic rings. The summed E-state index contributed by atoms with van der Waals surface area (Å²) in [5.74, 6) is 0. The second kappa shape index (κ2) is 9.12. The van der Waals surface area contributed by atoms with E-state index in [4.69, 9.17) is 23.2 Å². The molecule has 196 valence electrons. The molecule has 0 radical (unpaired) electrons. The Morgan fingerprint density at radius 2 is 1.11 bits per heavy atom. The number of alkyl halides is 9. The molecule has 0 bridgehead atoms. The lowest BCUT2D eigenvalue weighted by Crippen LogP contribution is -2.19. The van der Waals surface area contributed by atoms with Crippen molar-refractivity contribution in [3.05, 3.63) is 69.2 Å². The van der Waals surface area contributed by atoms with Crippen LogP contribution in [-0.2, 0) is 18.5 Å². The van der Waals surface area contributed by atoms with Crippen molar-refractivity contribution >= 4 is 51.6 Å². The topological polar surface area (TPSA) is 141 Å². The average Bonchev–Trinajstić information content (AvgIpc) is 2.66. The van der Waals surface area contributed by atoms with Crippen molar-refractivity contribution in [1.29, 1.82) is 0 Å². The smallest absolute Gasteiger partial charge is 0.347 e. The molecule has 0 fully saturated rings. The lowest BCUT2D eigenvalue weighted by Gasteiger charge is -2.21. The molecular weight excluding hydrogens is 574 g/mol. The first-order valence-electron chi connectivity index (χ1n) is 8.25. The van der Waals surface area contributed by atoms with Crippen LogP contribution in [0.25, 0.3) is 0 Å². The fraction of sp³-hybridized carbons (Fsp3) is 0.200. The van der Waals surface area contributed by atoms with Gasteiger partial charge >= 0.3 is 18.5 Å². The molecule has 0 aromatic heterocycles. The minimum Gasteiger partial charge on any atom is -0.347 e. The third-order valence-corrected chi connectivity index (χ3v) is 4.92. The molecule has 1 N–H and O–H groups in total. The van der Waals surface area contributed by atoms with Gasteiger partial charge in [-0.05, 0) is 0 Å². The van der Waals surface area contributed by atoms with Crippen molar-refractivity contribution in [2.75, 3.05) is 5.32 Å². The molecule has 0 amide bonds. The Bertz CT molecular complexity index is 1250. The molecule has 36 heavy (non-hydrogen) atoms. The third-order valence-electron chi connectivity index (χ3n) is 4.17. The first-order chi connectivity index (χ1) is 16.1. The Balaban J connectivity index is 3.13. The molecular formula is C15H3Cl2F9N4O6. The van der Waals surface area contributed by atoms with Gasteiger partial charge in [0, 0.05) is 6.07 Å². The van der Waals surface area contributed by atoms with Crippen molar-refractivity contribution in [3.63, 3.8) is 0 Å². The van der Waals surface area contributed by atoms with Gasteiger partial charge in [-0.15, -0.1) is 0 Å². The number of non-ortho nitro benzene ring substituents is 1. The predicted octanol–water partition coefficient (Wildman–Crippen LogP) is 7.52. The van der Waals surface area contributed by atoms with Gasteiger partial charge in [-0.2, -0.15) is 39.5 Å². The van der Waals surface area contributed by atoms with Gasteiger partial charge < -0.3 is 5.32 Å². The summed E-state index contributed by atoms with van der Waals surface area (Å²) in [6.07, 6.45) is -17.7. The molecule has 0 atom stereocenters. The van der Waals surface area contributed by atoms with E-state index in [0.717, 1.165) is 0 Å². The molecule has 2 aromatic carbocycles. The number of rotatable bonds is 5. The second-order valence-corrected chi connectivity index (χ2v) is 7.13. The first kappa shape index (κ1) is 28.6. The summed E-state index contributed by atoms with van der Waals surface area (Å²) < 4.78 is 122. The molecule has 0 aliphatic carbocycles. The van der Waals surface area contributed by atoms with Crippen LogP contribution in [0, 0.1) is 30.3 Å². The Morgan fingerprint density at radius 1 is 0.667 bits per heavy atom. The quantitative estimate of drug-likeness (QED) is 0.220. The predicted molar refractivity (Wildman–Crippen MR) is 101 cm³/mol. The van der Waals surface area contributed by atoms with Gasteiger partial charge in [0.15, 0.2) is 11.1 Å². The van der Waals surface area contributed by atoms with Gasteiger partial charge in [-0.3, -0.25) is 30.3 Å². The summed E-state index contributed by atoms with van der Waals surface area (Å²) in [5.41, 5.74) is -17.7. The maximum absolute atomic E-state index is 13.5. The fourth-order valence-corrected chi connectivity index (χ4v) is 3.56. The van der Waals surface area contributed by atoms with Gasteiger partial charge in [-0.25, -0.2) is 0 Å². The number of nitro benzene ring substituents is 3. The number of anilines is 2. The summed E-state index contributed by atoms with van der Waals surface area (Å²) in [4.78, 5) is 28.0. The van der Waals surface area contributed by atoms with Gasteiger partial charge in [-0.1, -0.05) is 23.2 Å². The van der Waals surface area contributed by atoms with Crippen LogP contribution in [-0.4, -0.2) is 14.8 Å². The third kappa shape index (κ3) is 5.30. The Kier molecular flexibility index (Phi) is 7.25. The van der Waals surface area contributed by atoms with E-state index in [1.807, 2.05) is 0 Å². The van der Waals surface area contributed by atoms with E-state index in [1.165, 1.54) is 5.32 Å². The summed E-state index contributed by atoms with van der Waals surface area (Å²) in [6.45, 7) is 0. The maximum atomic E-state index is 13.5. The highest BCUT2D eigenvalue weighted by Gasteiger charge is 2.52. The summed E-state index contributed by atoms with van der Waals surface area (Å²) in [6, 6.07) is -0.391. The number of hydrogen-bond donors (Lipinski definition) is 1. The SMILES string of the molecule is O=[N+]([O-])c1cc([N+](=O)[O-])c(Nc2c(Cl)c(C(F)(F)F)c([N+](=O)[O-])c(C(F)(F)F)c2Cl)c(C(F)(F)F)c1. The maximum Gasteiger partial charge on any atom is 0.424 e. The number of hydrogen-bond acceptors (Lipinski definition) is 7. The molecule has 0 spiro atoms. The number of nitrogens with one attached hydrogen (secondary N) is 1. The summed E-state index contributed by atoms with van der Waals surface area (Å²) in [7, 11) is 0. The Labute approximate surface area is 199 Å². The minimum absolute atomic E-state index is 0.0832. The van der Waals surface area contributed by atoms with Crippen LogP contribution in [0.5, 0.6) is 0 Å². The van der Waals surface area contributed by atoms with E-state index >= 15 is 0 Å². The van der Waals surface area contributed by atoms with Gasteiger partial charge in [0.1, 0.15) is 5.69 Å². The van der Waals surface area contributed by atoms with Gasteiger partial charge in [0.25, 0.3) is 17.1 Å². The van der Waals surface area contributed by atoms with Gasteiger partial charge in [0.05, 0.1) is 42.1 Å². The highest BCUT2D eigenvalue weighted by Crippen LogP contribution is 2.55. The Morgan fingerprint density at radius 3 is 1.42 bits per heavy atom. The largest absolute Gasteiger partial charge is 0.424 e. The standard InChI is InChI=1S/C15H3Cl2F9N4O6/c16-8-6(14(21,22)23)12(30(35)36)7(15(24,25)26)9(17)11(8)27-10-4(13(18,19)20)1-3(28(31)32)2-5(10)29(33)34/h1-2,27H. The Hall–Kier alpha value is -3.61. The van der Waals surface area contributed by atoms with Crippen molar-refractivity contribution in [3.8, 4) is 0 Å². The minimum atomic E-state index is -6.02. The molecule has 0 aliphatic heterocycles. The van der Waals surface area contributed by atoms with Crippen molar-refractivity contribution < 1.29 is 54.3 Å². The zero-order chi connectivity index (χ0) is 28.1. The number of nitrogens with zero attached hydrogens (tertiary/aromatic N) is 3. The lowest BCUT2D eigenvalue weighted by atomic mass is 10.0. The van der Waals surface area contributed by atoms with E-state index in [-0.39, 0.29) is 12.1 Å². The monoisotopic (exact) mass is 576 g/mol. The molecule has 2 aromatic rings. The molecule has 10 nitrogen and oxygen atoms in total. The first-order valence-corrected chi connectivity index (χ1v) is 9.01. The van der Waals surface area contributed by atoms with E-state index < -0.39 is 88.5 Å². The molecule has 0 unspecified atom stereocenters. The van der Waals surface area contributed by atoms with Crippen LogP contribution in [0.3, 0.4) is 0 Å². The summed E-state index contributed by atoms with van der Waals surface area (Å²) >= 11 is 10.8. The van der Waals surface area contributed by atoms with Crippen molar-refractivity contribution in [2.24, 2.45) is 0 Å². The van der Waals surface area contributed by atoms with E-state index in [1.54, 1.807) is 0 Å². The highest BCUT2D eigenvalue weighted by molar-refractivity contribution is 6.41. The highest BCUT2D eigenvalue weighted by atomic mass is 35.5. The molecule has 0 saturated heterocycles. The average molecular weight is 577 g/mol. The van der Waals surface area contributed by atoms with Crippen molar-refractivity contribution in [2.45, 2.75) is 18.5 Å². The van der Waals surface area contributed by atoms with Crippen molar-refractivity contribution in [1.82, 2.24) is 0 Å². The zero-order valence-electron chi connectivity index (χ0n) is 16.1. The second-order valence-electron chi connectivity index (χ2n) is 6.38. The van der Waals surface area contributed by atoms with Crippen LogP contribution >= 0.6 is 23.2 Å². The van der Waals surface area contributed by atoms with Crippen LogP contribution in [0.1, 0.15) is 16.7 Å². The van der Waals surface area contributed by atoms with Crippen LogP contribution in [0.2, 0.25) is 10.0 Å². The number of nitro groups is 3. The van der Waals surface area contributed by atoms with E-state index in [2.05, 4.69) is 0 Å². The van der Waals surface area contributed by atoms with E-state index in [0.29, 0.717) is 0 Å². The molecule has 0 saturated carbocycles. The molecule has 0 heterocycles. The van der Waals surface area contributed by atoms with Crippen LogP contribution in [0.15, 0.2) is 12.1 Å². The van der Waals surface area contributed by atoms with Crippen LogP contribution in [0.4, 0.5) is 68.0 Å². The normalized spacial score (nSPS) is 12.4. The van der Waals surface area contributed by atoms with Crippen LogP contribution < -0.4 is 5.32 Å². The zero-order valence-corrected chi connectivity index (χ0v) is 17.6. The van der Waals surface area contributed by atoms with Gasteiger partial charge in [0.2, 0.25) is 0 Å². The molecule has 2 rings (SSSR count). The lowest BCUT2D eigenvalue weighted by molar-refractivity contribution is -0.394. The number of benzene rings is 2. The number of halogens is 11. The fourth-order valence-electron chi connectivity index (χ4n) is 2.83. The molecule has 21 heteroatoms. The van der Waals surface area contributed by atoms with E-state index in [9.17, 15) is 69.9 Å². The summed E-state index contributed by atoms with van der Waals surface area (Å²) in [5, 5.41) is 30.4.